The maximum atomic E-state index is 14.5. The second kappa shape index (κ2) is 15.7. The van der Waals surface area contributed by atoms with Crippen molar-refractivity contribution < 1.29 is 33.2 Å². The van der Waals surface area contributed by atoms with Crippen LogP contribution in [0.25, 0.3) is 0 Å². The second-order valence-corrected chi connectivity index (χ2v) is 16.3. The van der Waals surface area contributed by atoms with Gasteiger partial charge in [-0.05, 0) is 97.4 Å². The molecule has 0 spiro atoms. The Balaban J connectivity index is 1.46. The molecule has 1 aromatic heterocycles. The van der Waals surface area contributed by atoms with Crippen molar-refractivity contribution in [2.45, 2.75) is 57.8 Å². The van der Waals surface area contributed by atoms with Gasteiger partial charge in [0.2, 0.25) is 0 Å². The van der Waals surface area contributed by atoms with E-state index in [1.165, 1.54) is 22.4 Å². The summed E-state index contributed by atoms with van der Waals surface area (Å²) in [5.41, 5.74) is 3.52. The first kappa shape index (κ1) is 36.8. The number of nitrogens with one attached hydrogen (secondary N) is 1. The number of fused-ring (bicyclic) bond motifs is 3. The Morgan fingerprint density at radius 3 is 2.69 bits per heavy atom. The van der Waals surface area contributed by atoms with Gasteiger partial charge in [0.05, 0.1) is 41.5 Å². The molecule has 272 valence electrons. The Morgan fingerprint density at radius 2 is 1.96 bits per heavy atom. The van der Waals surface area contributed by atoms with Crippen molar-refractivity contribution in [1.29, 1.82) is 0 Å². The van der Waals surface area contributed by atoms with E-state index in [0.29, 0.717) is 42.4 Å². The second-order valence-electron chi connectivity index (χ2n) is 13.9. The number of benzene rings is 2. The summed E-state index contributed by atoms with van der Waals surface area (Å²) in [5.74, 6) is -1.46. The molecule has 2 N–H and O–H groups in total. The lowest BCUT2D eigenvalue weighted by atomic mass is 9.70. The molecule has 3 aromatic rings. The van der Waals surface area contributed by atoms with Crippen molar-refractivity contribution in [3.05, 3.63) is 93.8 Å². The molecule has 0 unspecified atom stereocenters. The zero-order chi connectivity index (χ0) is 36.3. The maximum Gasteiger partial charge on any atom is 0.286 e. The number of methoxy groups -OCH3 is 1. The SMILES string of the molecule is CO[C@H]1/C=C/[C@H](O)[C@H](C)C[S@@](=O)(NC(=O)c2cc(C=O)n(C)c2)=NC(=O)c2ccc3c(c2)N(Cc2ccc(Cl)cc2CCCCO3)C[C@@H]2CC[C@H]21. The Morgan fingerprint density at radius 1 is 1.14 bits per heavy atom. The molecule has 2 amide bonds. The monoisotopic (exact) mass is 736 g/mol. The van der Waals surface area contributed by atoms with Gasteiger partial charge in [-0.15, -0.1) is 4.36 Å². The van der Waals surface area contributed by atoms with Gasteiger partial charge in [0.1, 0.15) is 15.7 Å². The topological polar surface area (TPSA) is 140 Å². The number of anilines is 1. The van der Waals surface area contributed by atoms with Gasteiger partial charge in [0, 0.05) is 44.0 Å². The van der Waals surface area contributed by atoms with Crippen LogP contribution in [0.15, 0.2) is 65.2 Å². The number of carbonyl (C=O) groups excluding carboxylic acids is 3. The standard InChI is InChI=1S/C38H45ClN4O7S/c1-24-23-51(48,41-38(47)29-17-31(22-44)42(2)19-29)40-37(46)26-9-13-36-33(18-26)43(21-28-8-11-32(28)35(49-3)14-12-34(24)45)20-27-7-10-30(39)16-25(27)6-4-5-15-50-36/h7,9-10,12-14,16-19,22,24,28,32,34-35,45H,4-6,8,11,15,20-21,23H2,1-3H3,(H,40,41,46,47,48)/b14-12+/t24-,28+,32-,34+,35+,51+/m1/s1. The first-order valence-electron chi connectivity index (χ1n) is 17.4. The number of carbonyl (C=O) groups is 3. The summed E-state index contributed by atoms with van der Waals surface area (Å²) in [7, 11) is -0.526. The van der Waals surface area contributed by atoms with Gasteiger partial charge in [0.25, 0.3) is 11.8 Å². The van der Waals surface area contributed by atoms with E-state index < -0.39 is 33.8 Å². The summed E-state index contributed by atoms with van der Waals surface area (Å²) in [6.45, 7) is 3.36. The summed E-state index contributed by atoms with van der Waals surface area (Å²) in [6.07, 6.45) is 8.75. The lowest BCUT2D eigenvalue weighted by Crippen LogP contribution is -2.43. The quantitative estimate of drug-likeness (QED) is 0.254. The molecule has 6 atom stereocenters. The summed E-state index contributed by atoms with van der Waals surface area (Å²) < 4.78 is 34.9. The number of amides is 2. The fourth-order valence-electron chi connectivity index (χ4n) is 7.17. The van der Waals surface area contributed by atoms with Crippen LogP contribution in [0.2, 0.25) is 5.02 Å². The minimum absolute atomic E-state index is 0.0848. The third-order valence-corrected chi connectivity index (χ3v) is 12.5. The minimum atomic E-state index is -3.79. The Bertz CT molecular complexity index is 1950. The van der Waals surface area contributed by atoms with E-state index in [9.17, 15) is 23.7 Å². The predicted molar refractivity (Wildman–Crippen MR) is 197 cm³/mol. The van der Waals surface area contributed by atoms with E-state index in [1.807, 2.05) is 18.2 Å². The Kier molecular flexibility index (Phi) is 11.4. The van der Waals surface area contributed by atoms with Crippen LogP contribution in [0.1, 0.15) is 74.9 Å². The van der Waals surface area contributed by atoms with Crippen LogP contribution < -0.4 is 14.4 Å². The first-order valence-corrected chi connectivity index (χ1v) is 19.4. The van der Waals surface area contributed by atoms with Gasteiger partial charge in [-0.25, -0.2) is 4.21 Å². The largest absolute Gasteiger partial charge is 0.491 e. The van der Waals surface area contributed by atoms with E-state index >= 15 is 0 Å². The molecule has 13 heteroatoms. The fraction of sp³-hybridized carbons (Fsp3) is 0.447. The Hall–Kier alpha value is -3.97. The van der Waals surface area contributed by atoms with Crippen LogP contribution in [0.3, 0.4) is 0 Å². The molecule has 0 saturated heterocycles. The van der Waals surface area contributed by atoms with Crippen molar-refractivity contribution in [2.24, 2.45) is 29.2 Å². The summed E-state index contributed by atoms with van der Waals surface area (Å²) in [6, 6.07) is 12.4. The van der Waals surface area contributed by atoms with Gasteiger partial charge in [-0.1, -0.05) is 36.7 Å². The molecule has 0 radical (unpaired) electrons. The molecule has 51 heavy (non-hydrogen) atoms. The molecular weight excluding hydrogens is 692 g/mol. The summed E-state index contributed by atoms with van der Waals surface area (Å²) in [4.78, 5) is 41.0. The third-order valence-electron chi connectivity index (χ3n) is 10.3. The van der Waals surface area contributed by atoms with E-state index in [2.05, 4.69) is 20.1 Å². The van der Waals surface area contributed by atoms with Crippen molar-refractivity contribution in [3.8, 4) is 5.75 Å². The molecule has 3 aliphatic rings. The van der Waals surface area contributed by atoms with Gasteiger partial charge < -0.3 is 24.0 Å². The Labute approximate surface area is 304 Å². The number of aliphatic hydroxyl groups excluding tert-OH is 1. The van der Waals surface area contributed by atoms with E-state index in [0.717, 1.165) is 37.7 Å². The summed E-state index contributed by atoms with van der Waals surface area (Å²) in [5, 5.41) is 11.9. The van der Waals surface area contributed by atoms with E-state index in [4.69, 9.17) is 21.1 Å². The van der Waals surface area contributed by atoms with Crippen LogP contribution in [0, 0.1) is 17.8 Å². The molecule has 6 rings (SSSR count). The van der Waals surface area contributed by atoms with E-state index in [-0.39, 0.29) is 40.5 Å². The summed E-state index contributed by atoms with van der Waals surface area (Å²) >= 11 is 6.45. The number of aromatic nitrogens is 1. The predicted octanol–water partition coefficient (Wildman–Crippen LogP) is 5.77. The molecule has 3 heterocycles. The average molecular weight is 737 g/mol. The van der Waals surface area contributed by atoms with Crippen LogP contribution >= 0.6 is 11.6 Å². The van der Waals surface area contributed by atoms with Crippen LogP contribution in [-0.2, 0) is 34.7 Å². The first-order chi connectivity index (χ1) is 24.5. The number of aryl methyl sites for hydroxylation is 2. The van der Waals surface area contributed by atoms with Crippen molar-refractivity contribution in [3.63, 3.8) is 0 Å². The maximum absolute atomic E-state index is 14.5. The molecule has 11 nitrogen and oxygen atoms in total. The zero-order valence-corrected chi connectivity index (χ0v) is 30.7. The molecular formula is C38H45ClN4O7S. The highest BCUT2D eigenvalue weighted by Crippen LogP contribution is 2.42. The van der Waals surface area contributed by atoms with Crippen molar-refractivity contribution in [2.75, 3.05) is 30.9 Å². The molecule has 1 saturated carbocycles. The van der Waals surface area contributed by atoms with Gasteiger partial charge in [-0.3, -0.25) is 19.1 Å². The molecule has 1 fully saturated rings. The lowest BCUT2D eigenvalue weighted by molar-refractivity contribution is 0.0126. The lowest BCUT2D eigenvalue weighted by Gasteiger charge is -2.43. The highest BCUT2D eigenvalue weighted by molar-refractivity contribution is 7.92. The fourth-order valence-corrected chi connectivity index (χ4v) is 9.26. The van der Waals surface area contributed by atoms with Crippen molar-refractivity contribution >= 4 is 45.3 Å². The van der Waals surface area contributed by atoms with Crippen LogP contribution in [-0.4, -0.2) is 70.2 Å². The van der Waals surface area contributed by atoms with E-state index in [1.54, 1.807) is 45.4 Å². The normalized spacial score (nSPS) is 27.7. The third kappa shape index (κ3) is 8.41. The average Bonchev–Trinajstić information content (AvgIpc) is 3.47. The number of rotatable bonds is 4. The van der Waals surface area contributed by atoms with Crippen molar-refractivity contribution in [1.82, 2.24) is 9.29 Å². The highest BCUT2D eigenvalue weighted by Gasteiger charge is 2.38. The number of nitrogens with zero attached hydrogens (tertiary/aromatic N) is 3. The molecule has 2 bridgehead atoms. The minimum Gasteiger partial charge on any atom is -0.491 e. The number of hydrogen-bond acceptors (Lipinski definition) is 8. The molecule has 1 aliphatic carbocycles. The zero-order valence-electron chi connectivity index (χ0n) is 29.1. The van der Waals surface area contributed by atoms with Gasteiger partial charge in [0.15, 0.2) is 6.29 Å². The molecule has 2 aliphatic heterocycles. The van der Waals surface area contributed by atoms with Gasteiger partial charge >= 0.3 is 0 Å². The van der Waals surface area contributed by atoms with Crippen LogP contribution in [0.4, 0.5) is 5.69 Å². The number of aliphatic hydroxyl groups is 1. The number of ether oxygens (including phenoxy) is 2. The van der Waals surface area contributed by atoms with Crippen LogP contribution in [0.5, 0.6) is 5.75 Å². The number of hydrogen-bond donors (Lipinski definition) is 2. The van der Waals surface area contributed by atoms with Gasteiger partial charge in [-0.2, -0.15) is 0 Å². The highest BCUT2D eigenvalue weighted by atomic mass is 35.5. The molecule has 2 aromatic carbocycles. The smallest absolute Gasteiger partial charge is 0.286 e. The number of aldehydes is 1. The number of halogens is 1.